The van der Waals surface area contributed by atoms with E-state index in [0.717, 1.165) is 0 Å². The molecular formula is C15H27NO4. The molecule has 0 aliphatic rings. The molecule has 5 nitrogen and oxygen atoms in total. The van der Waals surface area contributed by atoms with Crippen molar-refractivity contribution in [3.8, 4) is 0 Å². The molecule has 116 valence electrons. The van der Waals surface area contributed by atoms with Gasteiger partial charge in [0.15, 0.2) is 0 Å². The summed E-state index contributed by atoms with van der Waals surface area (Å²) in [5.74, 6) is -0.377. The quantitative estimate of drug-likeness (QED) is 0.588. The summed E-state index contributed by atoms with van der Waals surface area (Å²) < 4.78 is 10.3. The van der Waals surface area contributed by atoms with Gasteiger partial charge in [0.1, 0.15) is 11.2 Å². The van der Waals surface area contributed by atoms with Crippen LogP contribution in [0.2, 0.25) is 0 Å². The maximum Gasteiger partial charge on any atom is 0.410 e. The molecule has 0 N–H and O–H groups in total. The molecule has 0 fully saturated rings. The molecular weight excluding hydrogens is 258 g/mol. The molecule has 0 aliphatic carbocycles. The Morgan fingerprint density at radius 3 is 1.95 bits per heavy atom. The van der Waals surface area contributed by atoms with Gasteiger partial charge in [0.2, 0.25) is 0 Å². The van der Waals surface area contributed by atoms with Gasteiger partial charge in [-0.15, -0.1) is 0 Å². The summed E-state index contributed by atoms with van der Waals surface area (Å²) in [5, 5.41) is 0. The van der Waals surface area contributed by atoms with E-state index in [1.807, 2.05) is 41.5 Å². The summed E-state index contributed by atoms with van der Waals surface area (Å²) in [5.41, 5.74) is -0.994. The molecule has 0 atom stereocenters. The van der Waals surface area contributed by atoms with E-state index in [1.54, 1.807) is 13.1 Å². The van der Waals surface area contributed by atoms with Crippen molar-refractivity contribution in [1.29, 1.82) is 0 Å². The lowest BCUT2D eigenvalue weighted by atomic mass is 10.2. The maximum atomic E-state index is 11.7. The minimum absolute atomic E-state index is 0.372. The lowest BCUT2D eigenvalue weighted by Gasteiger charge is -2.24. The van der Waals surface area contributed by atoms with Crippen molar-refractivity contribution in [2.45, 2.75) is 59.2 Å². The van der Waals surface area contributed by atoms with Crippen molar-refractivity contribution in [3.63, 3.8) is 0 Å². The van der Waals surface area contributed by atoms with Gasteiger partial charge in [-0.2, -0.15) is 0 Å². The van der Waals surface area contributed by atoms with Crippen LogP contribution in [0.25, 0.3) is 0 Å². The second-order valence-corrected chi connectivity index (χ2v) is 6.63. The van der Waals surface area contributed by atoms with Crippen molar-refractivity contribution in [2.24, 2.45) is 0 Å². The summed E-state index contributed by atoms with van der Waals surface area (Å²) in [6.07, 6.45) is 3.26. The lowest BCUT2D eigenvalue weighted by Crippen LogP contribution is -2.34. The van der Waals surface area contributed by atoms with E-state index in [1.165, 1.54) is 11.0 Å². The largest absolute Gasteiger partial charge is 0.457 e. The topological polar surface area (TPSA) is 55.8 Å². The molecule has 0 aromatic heterocycles. The van der Waals surface area contributed by atoms with Gasteiger partial charge < -0.3 is 14.4 Å². The van der Waals surface area contributed by atoms with Crippen LogP contribution < -0.4 is 0 Å². The number of amides is 1. The molecule has 0 unspecified atom stereocenters. The number of esters is 1. The number of hydrogen-bond acceptors (Lipinski definition) is 4. The van der Waals surface area contributed by atoms with E-state index >= 15 is 0 Å². The summed E-state index contributed by atoms with van der Waals surface area (Å²) in [7, 11) is 1.66. The van der Waals surface area contributed by atoms with E-state index in [-0.39, 0.29) is 12.1 Å². The summed E-state index contributed by atoms with van der Waals surface area (Å²) in [4.78, 5) is 24.5. The number of carbonyl (C=O) groups excluding carboxylic acids is 2. The monoisotopic (exact) mass is 285 g/mol. The molecule has 0 bridgehead atoms. The van der Waals surface area contributed by atoms with E-state index in [9.17, 15) is 9.59 Å². The molecule has 0 rings (SSSR count). The average molecular weight is 285 g/mol. The highest BCUT2D eigenvalue weighted by Crippen LogP contribution is 2.09. The molecule has 0 heterocycles. The zero-order valence-electron chi connectivity index (χ0n) is 13.6. The van der Waals surface area contributed by atoms with Crippen LogP contribution in [0.1, 0.15) is 48.0 Å². The number of hydrogen-bond donors (Lipinski definition) is 0. The van der Waals surface area contributed by atoms with Crippen LogP contribution in [0.4, 0.5) is 4.79 Å². The predicted molar refractivity (Wildman–Crippen MR) is 78.5 cm³/mol. The first-order valence-corrected chi connectivity index (χ1v) is 6.74. The summed E-state index contributed by atoms with van der Waals surface area (Å²) in [6.45, 7) is 11.4. The van der Waals surface area contributed by atoms with Gasteiger partial charge in [0.25, 0.3) is 0 Å². The fourth-order valence-electron chi connectivity index (χ4n) is 1.21. The summed E-state index contributed by atoms with van der Waals surface area (Å²) in [6, 6.07) is 0. The second kappa shape index (κ2) is 7.31. The number of nitrogens with zero attached hydrogens (tertiary/aromatic N) is 1. The standard InChI is InChI=1S/C15H27NO4/c1-14(2,3)19-12(17)10-8-9-11-16(7)13(18)20-15(4,5)6/h8,10H,9,11H2,1-7H3/b10-8+. The van der Waals surface area contributed by atoms with Gasteiger partial charge in [0.05, 0.1) is 0 Å². The molecule has 0 radical (unpaired) electrons. The molecule has 0 aromatic carbocycles. The van der Waals surface area contributed by atoms with Crippen molar-refractivity contribution < 1.29 is 19.1 Å². The highest BCUT2D eigenvalue weighted by atomic mass is 16.6. The third-order valence-electron chi connectivity index (χ3n) is 2.00. The molecule has 5 heteroatoms. The van der Waals surface area contributed by atoms with Crippen molar-refractivity contribution in [1.82, 2.24) is 4.90 Å². The van der Waals surface area contributed by atoms with Gasteiger partial charge in [-0.05, 0) is 48.0 Å². The van der Waals surface area contributed by atoms with Crippen LogP contribution >= 0.6 is 0 Å². The molecule has 20 heavy (non-hydrogen) atoms. The number of carbonyl (C=O) groups is 2. The minimum atomic E-state index is -0.502. The van der Waals surface area contributed by atoms with Gasteiger partial charge >= 0.3 is 12.1 Å². The smallest absolute Gasteiger partial charge is 0.410 e. The molecule has 0 saturated carbocycles. The Labute approximate surface area is 121 Å². The highest BCUT2D eigenvalue weighted by Gasteiger charge is 2.19. The van der Waals surface area contributed by atoms with Crippen LogP contribution in [0.5, 0.6) is 0 Å². The molecule has 0 aromatic rings. The van der Waals surface area contributed by atoms with E-state index in [0.29, 0.717) is 13.0 Å². The minimum Gasteiger partial charge on any atom is -0.457 e. The molecule has 0 saturated heterocycles. The van der Waals surface area contributed by atoms with Crippen LogP contribution in [0.15, 0.2) is 12.2 Å². The number of rotatable bonds is 4. The zero-order chi connectivity index (χ0) is 16.0. The van der Waals surface area contributed by atoms with Crippen molar-refractivity contribution in [2.75, 3.05) is 13.6 Å². The van der Waals surface area contributed by atoms with Crippen LogP contribution in [0, 0.1) is 0 Å². The Morgan fingerprint density at radius 1 is 1.00 bits per heavy atom. The highest BCUT2D eigenvalue weighted by molar-refractivity contribution is 5.82. The van der Waals surface area contributed by atoms with Crippen LogP contribution in [-0.4, -0.2) is 41.8 Å². The zero-order valence-corrected chi connectivity index (χ0v) is 13.6. The van der Waals surface area contributed by atoms with Crippen LogP contribution in [0.3, 0.4) is 0 Å². The first-order valence-electron chi connectivity index (χ1n) is 6.74. The Morgan fingerprint density at radius 2 is 1.50 bits per heavy atom. The van der Waals surface area contributed by atoms with Gasteiger partial charge in [-0.25, -0.2) is 9.59 Å². The first-order chi connectivity index (χ1) is 8.91. The fraction of sp³-hybridized carbons (Fsp3) is 0.733. The fourth-order valence-corrected chi connectivity index (χ4v) is 1.21. The van der Waals surface area contributed by atoms with E-state index < -0.39 is 11.2 Å². The molecule has 0 aliphatic heterocycles. The van der Waals surface area contributed by atoms with E-state index in [2.05, 4.69) is 0 Å². The van der Waals surface area contributed by atoms with Gasteiger partial charge in [0, 0.05) is 19.7 Å². The Bertz CT molecular complexity index is 361. The third kappa shape index (κ3) is 10.4. The van der Waals surface area contributed by atoms with Crippen molar-refractivity contribution in [3.05, 3.63) is 12.2 Å². The van der Waals surface area contributed by atoms with Crippen LogP contribution in [-0.2, 0) is 14.3 Å². The van der Waals surface area contributed by atoms with E-state index in [4.69, 9.17) is 9.47 Å². The van der Waals surface area contributed by atoms with Crippen molar-refractivity contribution >= 4 is 12.1 Å². The lowest BCUT2D eigenvalue weighted by molar-refractivity contribution is -0.148. The Balaban J connectivity index is 4.06. The first kappa shape index (κ1) is 18.5. The van der Waals surface area contributed by atoms with Gasteiger partial charge in [-0.3, -0.25) is 0 Å². The maximum absolute atomic E-state index is 11.7. The Hall–Kier alpha value is -1.52. The average Bonchev–Trinajstić information content (AvgIpc) is 2.18. The SMILES string of the molecule is CN(CC/C=C/C(=O)OC(C)(C)C)C(=O)OC(C)(C)C. The molecule has 1 amide bonds. The summed E-state index contributed by atoms with van der Waals surface area (Å²) >= 11 is 0. The van der Waals surface area contributed by atoms with Gasteiger partial charge in [-0.1, -0.05) is 6.08 Å². The Kier molecular flexibility index (Phi) is 6.76. The third-order valence-corrected chi connectivity index (χ3v) is 2.00. The molecule has 0 spiro atoms. The second-order valence-electron chi connectivity index (χ2n) is 6.63. The predicted octanol–water partition coefficient (Wildman–Crippen LogP) is 3.14. The normalized spacial score (nSPS) is 12.3. The number of ether oxygens (including phenoxy) is 2.